The number of rotatable bonds is 21. The van der Waals surface area contributed by atoms with Crippen molar-refractivity contribution in [2.24, 2.45) is 23.7 Å². The van der Waals surface area contributed by atoms with Crippen LogP contribution in [0.25, 0.3) is 0 Å². The van der Waals surface area contributed by atoms with Gasteiger partial charge in [0.15, 0.2) is 58.7 Å². The topological polar surface area (TPSA) is 71.1 Å². The second-order valence-electron chi connectivity index (χ2n) is 30.2. The monoisotopic (exact) mass is 1640 g/mol. The largest absolute Gasteiger partial charge is 0.424 e. The van der Waals surface area contributed by atoms with Gasteiger partial charge in [-0.2, -0.15) is 13.2 Å². The average Bonchev–Trinajstić information content (AvgIpc) is 0.742. The zero-order valence-corrected chi connectivity index (χ0v) is 69.1. The maximum absolute atomic E-state index is 13.6. The maximum Gasteiger partial charge on any atom is 0.416 e. The van der Waals surface area contributed by atoms with Crippen molar-refractivity contribution >= 4 is 55.5 Å². The summed E-state index contributed by atoms with van der Waals surface area (Å²) in [5.74, 6) is 0.717. The highest BCUT2D eigenvalue weighted by Gasteiger charge is 2.56. The van der Waals surface area contributed by atoms with Gasteiger partial charge in [0, 0.05) is 66.7 Å². The first-order valence-electron chi connectivity index (χ1n) is 39.3. The Labute approximate surface area is 688 Å². The van der Waals surface area contributed by atoms with E-state index < -0.39 is 56.8 Å². The minimum absolute atomic E-state index is 0.00682. The summed E-state index contributed by atoms with van der Waals surface area (Å²) >= 11 is 0. The third-order valence-corrected chi connectivity index (χ3v) is 30.8. The van der Waals surface area contributed by atoms with E-state index in [9.17, 15) is 40.3 Å². The normalized spacial score (nSPS) is 17.7. The van der Waals surface area contributed by atoms with E-state index in [4.69, 9.17) is 18.9 Å². The van der Waals surface area contributed by atoms with Crippen LogP contribution in [-0.2, 0) is 68.8 Å². The Bertz CT molecular complexity index is 4970. The zero-order valence-electron chi connectivity index (χ0n) is 65.8. The summed E-state index contributed by atoms with van der Waals surface area (Å²) in [5.41, 5.74) is 2.95. The average molecular weight is 1640 g/mol. The molecule has 0 spiro atoms. The molecule has 0 radical (unpaired) electrons. The van der Waals surface area contributed by atoms with Gasteiger partial charge >= 0.3 is 18.1 Å². The molecule has 596 valence electrons. The first-order valence-corrected chi connectivity index (χ1v) is 44.2. The lowest BCUT2D eigenvalue weighted by Crippen LogP contribution is -2.57. The Morgan fingerprint density at radius 3 is 0.931 bits per heavy atom. The number of carbonyl (C=O) groups excluding carboxylic acids is 2. The van der Waals surface area contributed by atoms with Crippen LogP contribution in [0.4, 0.5) is 30.7 Å². The molecule has 0 unspecified atom stereocenters. The molecule has 0 N–H and O–H groups in total. The lowest BCUT2D eigenvalue weighted by Gasteiger charge is -2.59. The minimum atomic E-state index is -4.33. The summed E-state index contributed by atoms with van der Waals surface area (Å²) in [7, 11) is -2.04. The highest BCUT2D eigenvalue weighted by atomic mass is 32.2. The van der Waals surface area contributed by atoms with Crippen LogP contribution >= 0.6 is 0 Å². The maximum atomic E-state index is 13.6. The molecule has 0 saturated heterocycles. The highest BCUT2D eigenvalue weighted by Crippen LogP contribution is 2.59. The third kappa shape index (κ3) is 21.0. The van der Waals surface area contributed by atoms with Crippen molar-refractivity contribution in [2.45, 2.75) is 182 Å². The van der Waals surface area contributed by atoms with E-state index in [-0.39, 0.29) is 58.1 Å². The summed E-state index contributed by atoms with van der Waals surface area (Å²) in [6.07, 6.45) is 7.50. The van der Waals surface area contributed by atoms with Crippen LogP contribution in [0.5, 0.6) is 11.5 Å². The second-order valence-corrected chi connectivity index (χ2v) is 38.3. The SMILES string of the molecule is CCC1(OCC(=O)Oc2c(C)cc([S+](c3ccccc3)c3ccccc3)cc2C)CCCC1.Cc1cc([S+](c2ccccc2)c2ccccc2)cc(C)c1OC(=O)COC1(C)C2CC3CC(C2)CC1C3.FC(F)(F)c1cccc([S+](c2ccccc2)c2ccccc2)c1.Fc1cc(F)cc([S+](c2ccccc2)c2cc(F)cc(F)c2)c1. The minimum Gasteiger partial charge on any atom is -0.424 e. The van der Waals surface area contributed by atoms with E-state index in [0.29, 0.717) is 42.9 Å². The van der Waals surface area contributed by atoms with E-state index in [0.717, 1.165) is 81.3 Å². The third-order valence-electron chi connectivity index (χ3n) is 22.1. The molecular weight excluding hydrogens is 1550 g/mol. The number of alkyl halides is 3. The molecule has 17 rings (SSSR count). The van der Waals surface area contributed by atoms with Crippen molar-refractivity contribution in [3.05, 3.63) is 348 Å². The molecule has 5 fully saturated rings. The standard InChI is InChI=1S/C33H37O3S.C29H33O3S.C19H14F3S.C18H11F4S/c1-22-14-30(37(28-10-6-4-7-11-28)29-12-8-5-9-13-29)15-23(2)32(22)36-31(34)21-35-33(3)26-17-24-16-25(19-26)20-27(33)18-24;1-4-29(17-11-12-18-29)31-21-27(30)32-28-22(2)19-26(20-23(28)3)33(24-13-7-5-8-14-24)25-15-9-6-10-16-25;20-19(21,22)15-8-7-13-18(14-15)23(16-9-3-1-4-10-16)17-11-5-2-6-12-17;19-12-6-13(20)9-17(8-12)23(16-4-2-1-3-5-16)18-10-14(21)7-15(22)11-18/h4-15,24-27H,16-21H2,1-3H3;5-10,13-16,19-20H,4,11-12,17-18,21H2,1-3H3;1-14H;1-11H/q4*+1. The molecule has 0 amide bonds. The molecule has 6 nitrogen and oxygen atoms in total. The smallest absolute Gasteiger partial charge is 0.416 e. The molecule has 5 aliphatic rings. The number of hydrogen-bond acceptors (Lipinski definition) is 6. The summed E-state index contributed by atoms with van der Waals surface area (Å²) in [6, 6.07) is 91.1. The number of hydrogen-bond donors (Lipinski definition) is 0. The van der Waals surface area contributed by atoms with Gasteiger partial charge in [0.1, 0.15) is 48.0 Å². The second kappa shape index (κ2) is 38.7. The van der Waals surface area contributed by atoms with E-state index in [2.05, 4.69) is 147 Å². The van der Waals surface area contributed by atoms with Gasteiger partial charge in [-0.15, -0.1) is 0 Å². The molecule has 0 atom stereocenters. The predicted octanol–water partition coefficient (Wildman–Crippen LogP) is 25.7. The van der Waals surface area contributed by atoms with Gasteiger partial charge in [-0.1, -0.05) is 153 Å². The molecule has 5 aliphatic carbocycles. The Balaban J connectivity index is 0.000000137. The molecular formula is C99H95F7O6S4+4. The highest BCUT2D eigenvalue weighted by molar-refractivity contribution is 7.98. The van der Waals surface area contributed by atoms with Crippen molar-refractivity contribution in [2.75, 3.05) is 13.2 Å². The first kappa shape index (κ1) is 84.3. The van der Waals surface area contributed by atoms with Crippen molar-refractivity contribution < 1.29 is 59.3 Å². The lowest BCUT2D eigenvalue weighted by molar-refractivity contribution is -0.199. The quantitative estimate of drug-likeness (QED) is 0.0309. The molecule has 12 aromatic rings. The molecule has 5 saturated carbocycles. The van der Waals surface area contributed by atoms with Crippen LogP contribution < -0.4 is 9.47 Å². The summed E-state index contributed by atoms with van der Waals surface area (Å²) in [4.78, 5) is 37.2. The van der Waals surface area contributed by atoms with Crippen LogP contribution in [0.3, 0.4) is 0 Å². The molecule has 12 aromatic carbocycles. The Kier molecular flexibility index (Phi) is 28.1. The fraction of sp³-hybridized carbons (Fsp3) is 0.253. The van der Waals surface area contributed by atoms with Crippen LogP contribution in [0.15, 0.2) is 356 Å². The Morgan fingerprint density at radius 1 is 0.353 bits per heavy atom. The van der Waals surface area contributed by atoms with Gasteiger partial charge in [0.05, 0.1) is 60.3 Å². The van der Waals surface area contributed by atoms with Gasteiger partial charge in [0.25, 0.3) is 0 Å². The lowest BCUT2D eigenvalue weighted by atomic mass is 9.50. The number of esters is 2. The summed E-state index contributed by atoms with van der Waals surface area (Å²) in [5, 5.41) is 0. The van der Waals surface area contributed by atoms with Gasteiger partial charge in [-0.05, 0) is 229 Å². The fourth-order valence-electron chi connectivity index (χ4n) is 16.7. The number of ether oxygens (including phenoxy) is 4. The van der Waals surface area contributed by atoms with Crippen LogP contribution in [-0.4, -0.2) is 36.4 Å². The van der Waals surface area contributed by atoms with Gasteiger partial charge in [0.2, 0.25) is 0 Å². The van der Waals surface area contributed by atoms with Crippen molar-refractivity contribution in [1.29, 1.82) is 0 Å². The van der Waals surface area contributed by atoms with Crippen LogP contribution in [0, 0.1) is 74.6 Å². The van der Waals surface area contributed by atoms with E-state index >= 15 is 0 Å². The van der Waals surface area contributed by atoms with E-state index in [1.165, 1.54) is 111 Å². The number of carbonyl (C=O) groups is 2. The van der Waals surface area contributed by atoms with Gasteiger partial charge in [-0.3, -0.25) is 0 Å². The Morgan fingerprint density at radius 2 is 0.629 bits per heavy atom. The molecule has 17 heteroatoms. The van der Waals surface area contributed by atoms with Crippen LogP contribution in [0.1, 0.15) is 106 Å². The van der Waals surface area contributed by atoms with E-state index in [1.54, 1.807) is 36.4 Å². The number of halogens is 7. The molecule has 4 bridgehead atoms. The Hall–Kier alpha value is -9.59. The molecule has 0 heterocycles. The first-order chi connectivity index (χ1) is 56.0. The summed E-state index contributed by atoms with van der Waals surface area (Å²) < 4.78 is 118. The van der Waals surface area contributed by atoms with Gasteiger partial charge in [-0.25, -0.2) is 27.2 Å². The van der Waals surface area contributed by atoms with Crippen molar-refractivity contribution in [3.63, 3.8) is 0 Å². The van der Waals surface area contributed by atoms with Crippen LogP contribution in [0.2, 0.25) is 0 Å². The predicted molar refractivity (Wildman–Crippen MR) is 450 cm³/mol. The number of aryl methyl sites for hydroxylation is 4. The summed E-state index contributed by atoms with van der Waals surface area (Å²) in [6.45, 7) is 12.5. The molecule has 116 heavy (non-hydrogen) atoms. The fourth-order valence-corrected chi connectivity index (χ4v) is 25.5. The molecule has 0 aromatic heterocycles. The zero-order chi connectivity index (χ0) is 81.5. The van der Waals surface area contributed by atoms with E-state index in [1.807, 2.05) is 100 Å². The molecule has 0 aliphatic heterocycles. The number of benzene rings is 12. The van der Waals surface area contributed by atoms with Crippen molar-refractivity contribution in [3.8, 4) is 11.5 Å². The van der Waals surface area contributed by atoms with Crippen molar-refractivity contribution in [1.82, 2.24) is 0 Å². The van der Waals surface area contributed by atoms with Gasteiger partial charge < -0.3 is 18.9 Å².